The van der Waals surface area contributed by atoms with Crippen molar-refractivity contribution in [2.24, 2.45) is 11.1 Å². The number of amides is 1. The maximum absolute atomic E-state index is 12.0. The largest absolute Gasteiger partial charge is 0.390 e. The molecule has 2 rings (SSSR count). The Labute approximate surface area is 137 Å². The van der Waals surface area contributed by atoms with Gasteiger partial charge in [-0.25, -0.2) is 0 Å². The lowest BCUT2D eigenvalue weighted by Gasteiger charge is -2.29. The number of carbonyl (C=O) groups is 1. The van der Waals surface area contributed by atoms with Crippen LogP contribution in [0.25, 0.3) is 10.8 Å². The predicted molar refractivity (Wildman–Crippen MR) is 94.1 cm³/mol. The third-order valence-corrected chi connectivity index (χ3v) is 4.06. The van der Waals surface area contributed by atoms with E-state index in [1.165, 1.54) is 10.8 Å². The zero-order valence-electron chi connectivity index (χ0n) is 14.0. The summed E-state index contributed by atoms with van der Waals surface area (Å²) in [7, 11) is 0. The van der Waals surface area contributed by atoms with E-state index in [1.54, 1.807) is 0 Å². The molecule has 0 aromatic heterocycles. The summed E-state index contributed by atoms with van der Waals surface area (Å²) in [4.78, 5) is 12.0. The second kappa shape index (κ2) is 7.11. The number of hydrogen-bond acceptors (Lipinski definition) is 3. The van der Waals surface area contributed by atoms with E-state index in [9.17, 15) is 9.90 Å². The van der Waals surface area contributed by atoms with E-state index in [0.29, 0.717) is 6.54 Å². The molecular formula is C19H26N2O2. The van der Waals surface area contributed by atoms with Gasteiger partial charge in [-0.05, 0) is 28.2 Å². The van der Waals surface area contributed by atoms with Gasteiger partial charge in [0, 0.05) is 6.54 Å². The molecule has 0 aliphatic rings. The molecule has 0 aliphatic heterocycles. The van der Waals surface area contributed by atoms with Crippen molar-refractivity contribution >= 4 is 16.7 Å². The van der Waals surface area contributed by atoms with Crippen LogP contribution in [0.2, 0.25) is 0 Å². The maximum atomic E-state index is 12.0. The number of benzene rings is 2. The molecule has 4 N–H and O–H groups in total. The van der Waals surface area contributed by atoms with Crippen molar-refractivity contribution in [1.82, 2.24) is 5.32 Å². The topological polar surface area (TPSA) is 75.3 Å². The fourth-order valence-electron chi connectivity index (χ4n) is 2.52. The second-order valence-electron chi connectivity index (χ2n) is 7.06. The van der Waals surface area contributed by atoms with Crippen LogP contribution in [-0.2, 0) is 11.2 Å². The molecule has 4 heteroatoms. The first-order chi connectivity index (χ1) is 10.8. The molecule has 2 aromatic rings. The monoisotopic (exact) mass is 314 g/mol. The number of nitrogens with two attached hydrogens (primary N) is 1. The standard InChI is InChI=1S/C19H26N2O2/c1-19(2,3)17(22)16(20)18(23)21-11-10-13-8-9-14-6-4-5-7-15(14)12-13/h4-9,12,16-17,22H,10-11,20H2,1-3H3,(H,21,23). The van der Waals surface area contributed by atoms with E-state index in [2.05, 4.69) is 35.6 Å². The molecule has 0 bridgehead atoms. The van der Waals surface area contributed by atoms with Crippen molar-refractivity contribution in [3.8, 4) is 0 Å². The minimum atomic E-state index is -0.911. The van der Waals surface area contributed by atoms with Crippen LogP contribution in [0.15, 0.2) is 42.5 Å². The Morgan fingerprint density at radius 3 is 2.48 bits per heavy atom. The van der Waals surface area contributed by atoms with Crippen LogP contribution in [0.3, 0.4) is 0 Å². The van der Waals surface area contributed by atoms with E-state index in [1.807, 2.05) is 32.9 Å². The summed E-state index contributed by atoms with van der Waals surface area (Å²) in [6.07, 6.45) is -0.141. The van der Waals surface area contributed by atoms with Gasteiger partial charge in [0.25, 0.3) is 0 Å². The number of nitrogens with one attached hydrogen (secondary N) is 1. The van der Waals surface area contributed by atoms with Crippen molar-refractivity contribution in [1.29, 1.82) is 0 Å². The third-order valence-electron chi connectivity index (χ3n) is 4.06. The number of aliphatic hydroxyl groups excluding tert-OH is 1. The number of hydrogen-bond donors (Lipinski definition) is 3. The molecule has 1 amide bonds. The van der Waals surface area contributed by atoms with Gasteiger partial charge in [0.2, 0.25) is 5.91 Å². The lowest BCUT2D eigenvalue weighted by atomic mass is 9.84. The average molecular weight is 314 g/mol. The van der Waals surface area contributed by atoms with Crippen molar-refractivity contribution in [2.45, 2.75) is 39.3 Å². The Morgan fingerprint density at radius 1 is 1.17 bits per heavy atom. The van der Waals surface area contributed by atoms with E-state index in [-0.39, 0.29) is 5.91 Å². The Morgan fingerprint density at radius 2 is 1.83 bits per heavy atom. The number of aliphatic hydroxyl groups is 1. The highest BCUT2D eigenvalue weighted by atomic mass is 16.3. The van der Waals surface area contributed by atoms with E-state index >= 15 is 0 Å². The van der Waals surface area contributed by atoms with Crippen LogP contribution < -0.4 is 11.1 Å². The number of carbonyl (C=O) groups excluding carboxylic acids is 1. The molecule has 4 nitrogen and oxygen atoms in total. The Hall–Kier alpha value is -1.91. The lowest BCUT2D eigenvalue weighted by Crippen LogP contribution is -2.53. The molecule has 0 aliphatic carbocycles. The molecule has 0 saturated heterocycles. The van der Waals surface area contributed by atoms with Gasteiger partial charge in [0.1, 0.15) is 6.04 Å². The Balaban J connectivity index is 1.89. The highest BCUT2D eigenvalue weighted by Crippen LogP contribution is 2.21. The average Bonchev–Trinajstić information content (AvgIpc) is 2.52. The first kappa shape index (κ1) is 17.4. The predicted octanol–water partition coefficient (Wildman–Crippen LogP) is 2.23. The van der Waals surface area contributed by atoms with Crippen molar-refractivity contribution in [3.63, 3.8) is 0 Å². The van der Waals surface area contributed by atoms with Crippen LogP contribution in [0.4, 0.5) is 0 Å². The van der Waals surface area contributed by atoms with E-state index in [0.717, 1.165) is 12.0 Å². The lowest BCUT2D eigenvalue weighted by molar-refractivity contribution is -0.126. The van der Waals surface area contributed by atoms with Gasteiger partial charge in [0.15, 0.2) is 0 Å². The van der Waals surface area contributed by atoms with Gasteiger partial charge in [-0.1, -0.05) is 63.2 Å². The molecule has 23 heavy (non-hydrogen) atoms. The van der Waals surface area contributed by atoms with Gasteiger partial charge in [-0.15, -0.1) is 0 Å². The van der Waals surface area contributed by atoms with Crippen LogP contribution in [0.5, 0.6) is 0 Å². The summed E-state index contributed by atoms with van der Waals surface area (Å²) in [5.74, 6) is -0.312. The summed E-state index contributed by atoms with van der Waals surface area (Å²) in [5.41, 5.74) is 6.58. The zero-order valence-corrected chi connectivity index (χ0v) is 14.0. The molecule has 0 radical (unpaired) electrons. The summed E-state index contributed by atoms with van der Waals surface area (Å²) in [6, 6.07) is 13.6. The smallest absolute Gasteiger partial charge is 0.239 e. The van der Waals surface area contributed by atoms with E-state index in [4.69, 9.17) is 5.73 Å². The fourth-order valence-corrected chi connectivity index (χ4v) is 2.52. The van der Waals surface area contributed by atoms with Gasteiger partial charge in [-0.3, -0.25) is 4.79 Å². The van der Waals surface area contributed by atoms with Crippen LogP contribution in [-0.4, -0.2) is 29.7 Å². The molecule has 2 atom stereocenters. The molecule has 2 aromatic carbocycles. The summed E-state index contributed by atoms with van der Waals surface area (Å²) < 4.78 is 0. The minimum absolute atomic E-state index is 0.312. The van der Waals surface area contributed by atoms with Gasteiger partial charge >= 0.3 is 0 Å². The molecule has 124 valence electrons. The third kappa shape index (κ3) is 4.53. The minimum Gasteiger partial charge on any atom is -0.390 e. The van der Waals surface area contributed by atoms with Gasteiger partial charge in [0.05, 0.1) is 6.10 Å². The first-order valence-electron chi connectivity index (χ1n) is 7.98. The maximum Gasteiger partial charge on any atom is 0.239 e. The fraction of sp³-hybridized carbons (Fsp3) is 0.421. The normalized spacial score (nSPS) is 14.5. The molecule has 0 fully saturated rings. The van der Waals surface area contributed by atoms with Gasteiger partial charge in [-0.2, -0.15) is 0 Å². The Bertz CT molecular complexity index is 676. The highest BCUT2D eigenvalue weighted by Gasteiger charge is 2.32. The number of fused-ring (bicyclic) bond motifs is 1. The zero-order chi connectivity index (χ0) is 17.0. The van der Waals surface area contributed by atoms with Gasteiger partial charge < -0.3 is 16.2 Å². The van der Waals surface area contributed by atoms with Crippen molar-refractivity contribution in [2.75, 3.05) is 6.54 Å². The quantitative estimate of drug-likeness (QED) is 0.792. The highest BCUT2D eigenvalue weighted by molar-refractivity contribution is 5.83. The van der Waals surface area contributed by atoms with Crippen LogP contribution in [0, 0.1) is 5.41 Å². The summed E-state index contributed by atoms with van der Waals surface area (Å²) in [6.45, 7) is 6.08. The van der Waals surface area contributed by atoms with Crippen LogP contribution in [0.1, 0.15) is 26.3 Å². The molecule has 0 saturated carbocycles. The Kier molecular flexibility index (Phi) is 5.39. The van der Waals surface area contributed by atoms with Crippen LogP contribution >= 0.6 is 0 Å². The summed E-state index contributed by atoms with van der Waals surface area (Å²) >= 11 is 0. The molecule has 2 unspecified atom stereocenters. The second-order valence-corrected chi connectivity index (χ2v) is 7.06. The van der Waals surface area contributed by atoms with E-state index < -0.39 is 17.6 Å². The molecule has 0 spiro atoms. The molecular weight excluding hydrogens is 288 g/mol. The molecule has 0 heterocycles. The van der Waals surface area contributed by atoms with Crippen molar-refractivity contribution in [3.05, 3.63) is 48.0 Å². The number of rotatable bonds is 5. The van der Waals surface area contributed by atoms with Crippen molar-refractivity contribution < 1.29 is 9.90 Å². The summed E-state index contributed by atoms with van der Waals surface area (Å²) in [5, 5.41) is 15.3. The first-order valence-corrected chi connectivity index (χ1v) is 7.98. The SMILES string of the molecule is CC(C)(C)C(O)C(N)C(=O)NCCc1ccc2ccccc2c1.